The Morgan fingerprint density at radius 3 is 2.68 bits per heavy atom. The number of hydrogen-bond acceptors (Lipinski definition) is 4. The number of aromatic nitrogens is 1. The molecule has 0 aliphatic carbocycles. The molecule has 0 aliphatic heterocycles. The molecule has 0 atom stereocenters. The van der Waals surface area contributed by atoms with Crippen LogP contribution in [0.2, 0.25) is 10.0 Å². The molecule has 0 bridgehead atoms. The van der Waals surface area contributed by atoms with Gasteiger partial charge >= 0.3 is 0 Å². The van der Waals surface area contributed by atoms with Crippen LogP contribution in [0.1, 0.15) is 5.76 Å². The quantitative estimate of drug-likeness (QED) is 0.865. The fourth-order valence-corrected chi connectivity index (χ4v) is 2.85. The van der Waals surface area contributed by atoms with Gasteiger partial charge in [-0.3, -0.25) is 4.79 Å². The number of nitrogens with one attached hydrogen (secondary N) is 1. The smallest absolute Gasteiger partial charge is 0.235 e. The fourth-order valence-electron chi connectivity index (χ4n) is 1.36. The van der Waals surface area contributed by atoms with E-state index in [1.165, 1.54) is 11.8 Å². The van der Waals surface area contributed by atoms with Gasteiger partial charge in [-0.25, -0.2) is 0 Å². The van der Waals surface area contributed by atoms with E-state index in [0.29, 0.717) is 26.5 Å². The monoisotopic (exact) mass is 316 g/mol. The van der Waals surface area contributed by atoms with Crippen molar-refractivity contribution >= 4 is 46.7 Å². The van der Waals surface area contributed by atoms with E-state index < -0.39 is 0 Å². The molecule has 100 valence electrons. The van der Waals surface area contributed by atoms with Crippen LogP contribution in [0.25, 0.3) is 0 Å². The van der Waals surface area contributed by atoms with Crippen LogP contribution in [0, 0.1) is 6.92 Å². The Morgan fingerprint density at radius 2 is 2.11 bits per heavy atom. The van der Waals surface area contributed by atoms with Crippen molar-refractivity contribution in [3.63, 3.8) is 0 Å². The molecule has 1 aromatic carbocycles. The van der Waals surface area contributed by atoms with E-state index >= 15 is 0 Å². The highest BCUT2D eigenvalue weighted by molar-refractivity contribution is 8.00. The number of hydrogen-bond donors (Lipinski definition) is 1. The third-order valence-corrected chi connectivity index (χ3v) is 4.15. The second-order valence-electron chi connectivity index (χ2n) is 3.71. The molecular formula is C12H10Cl2N2O2S. The standard InChI is InChI=1S/C12H10Cl2N2O2S/c1-7-5-10(16-18-7)15-11(17)6-19-12-8(13)3-2-4-9(12)14/h2-5H,6H2,1H3,(H,15,16,17). The second kappa shape index (κ2) is 6.32. The zero-order chi connectivity index (χ0) is 13.8. The number of halogens is 2. The molecule has 4 nitrogen and oxygen atoms in total. The van der Waals surface area contributed by atoms with Crippen molar-refractivity contribution in [3.8, 4) is 0 Å². The van der Waals surface area contributed by atoms with Gasteiger partial charge in [-0.2, -0.15) is 0 Å². The van der Waals surface area contributed by atoms with Crippen molar-refractivity contribution in [3.05, 3.63) is 40.1 Å². The van der Waals surface area contributed by atoms with E-state index in [2.05, 4.69) is 10.5 Å². The number of carbonyl (C=O) groups excluding carboxylic acids is 1. The molecular weight excluding hydrogens is 307 g/mol. The minimum absolute atomic E-state index is 0.190. The Hall–Kier alpha value is -1.17. The molecule has 19 heavy (non-hydrogen) atoms. The lowest BCUT2D eigenvalue weighted by molar-refractivity contribution is -0.113. The van der Waals surface area contributed by atoms with Crippen molar-refractivity contribution in [2.24, 2.45) is 0 Å². The van der Waals surface area contributed by atoms with Crippen molar-refractivity contribution in [1.82, 2.24) is 5.16 Å². The molecule has 0 aliphatic rings. The van der Waals surface area contributed by atoms with Gasteiger partial charge in [0, 0.05) is 11.0 Å². The maximum Gasteiger partial charge on any atom is 0.235 e. The van der Waals surface area contributed by atoms with E-state index in [-0.39, 0.29) is 11.7 Å². The first-order chi connectivity index (χ1) is 9.06. The lowest BCUT2D eigenvalue weighted by Crippen LogP contribution is -2.14. The van der Waals surface area contributed by atoms with E-state index in [1.807, 2.05) is 0 Å². The molecule has 2 aromatic rings. The number of carbonyl (C=O) groups is 1. The average molecular weight is 317 g/mol. The molecule has 0 saturated heterocycles. The number of thioether (sulfide) groups is 1. The van der Waals surface area contributed by atoms with E-state index in [9.17, 15) is 4.79 Å². The van der Waals surface area contributed by atoms with Gasteiger partial charge in [0.1, 0.15) is 5.76 Å². The highest BCUT2D eigenvalue weighted by atomic mass is 35.5. The Labute approximate surface area is 124 Å². The maximum absolute atomic E-state index is 11.7. The second-order valence-corrected chi connectivity index (χ2v) is 5.51. The number of benzene rings is 1. The molecule has 0 spiro atoms. The molecule has 1 aromatic heterocycles. The number of nitrogens with zero attached hydrogens (tertiary/aromatic N) is 1. The molecule has 0 radical (unpaired) electrons. The number of rotatable bonds is 4. The van der Waals surface area contributed by atoms with E-state index in [4.69, 9.17) is 27.7 Å². The van der Waals surface area contributed by atoms with Crippen molar-refractivity contribution in [2.75, 3.05) is 11.1 Å². The zero-order valence-corrected chi connectivity index (χ0v) is 12.3. The molecule has 1 amide bonds. The zero-order valence-electron chi connectivity index (χ0n) is 9.94. The summed E-state index contributed by atoms with van der Waals surface area (Å²) < 4.78 is 4.85. The van der Waals surface area contributed by atoms with Gasteiger partial charge in [-0.15, -0.1) is 11.8 Å². The highest BCUT2D eigenvalue weighted by Crippen LogP contribution is 2.33. The molecule has 2 rings (SSSR count). The largest absolute Gasteiger partial charge is 0.360 e. The van der Waals surface area contributed by atoms with Gasteiger partial charge in [0.15, 0.2) is 5.82 Å². The Balaban J connectivity index is 1.93. The van der Waals surface area contributed by atoms with Crippen molar-refractivity contribution in [2.45, 2.75) is 11.8 Å². The third-order valence-electron chi connectivity index (χ3n) is 2.16. The van der Waals surface area contributed by atoms with E-state index in [1.54, 1.807) is 31.2 Å². The van der Waals surface area contributed by atoms with Gasteiger partial charge in [0.05, 0.1) is 15.8 Å². The molecule has 1 N–H and O–H groups in total. The Bertz CT molecular complexity index is 581. The number of amides is 1. The van der Waals surface area contributed by atoms with Gasteiger partial charge in [-0.1, -0.05) is 34.4 Å². The summed E-state index contributed by atoms with van der Waals surface area (Å²) in [6, 6.07) is 6.86. The molecule has 0 unspecified atom stereocenters. The van der Waals surface area contributed by atoms with Crippen molar-refractivity contribution in [1.29, 1.82) is 0 Å². The maximum atomic E-state index is 11.7. The molecule has 7 heteroatoms. The summed E-state index contributed by atoms with van der Waals surface area (Å²) in [7, 11) is 0. The third kappa shape index (κ3) is 3.89. The van der Waals surface area contributed by atoms with Crippen LogP contribution in [0.5, 0.6) is 0 Å². The predicted octanol–water partition coefficient (Wildman–Crippen LogP) is 4.02. The summed E-state index contributed by atoms with van der Waals surface area (Å²) in [6.07, 6.45) is 0. The van der Waals surface area contributed by atoms with Gasteiger partial charge in [0.2, 0.25) is 5.91 Å². The van der Waals surface area contributed by atoms with Crippen LogP contribution in [-0.4, -0.2) is 16.8 Å². The highest BCUT2D eigenvalue weighted by Gasteiger charge is 2.10. The first-order valence-electron chi connectivity index (χ1n) is 5.36. The van der Waals surface area contributed by atoms with Crippen LogP contribution in [0.4, 0.5) is 5.82 Å². The van der Waals surface area contributed by atoms with Crippen LogP contribution in [-0.2, 0) is 4.79 Å². The lowest BCUT2D eigenvalue weighted by atomic mass is 10.4. The predicted molar refractivity (Wildman–Crippen MR) is 77.1 cm³/mol. The number of aryl methyl sites for hydroxylation is 1. The number of anilines is 1. The van der Waals surface area contributed by atoms with E-state index in [0.717, 1.165) is 0 Å². The summed E-state index contributed by atoms with van der Waals surface area (Å²) in [5, 5.41) is 7.36. The molecule has 1 heterocycles. The van der Waals surface area contributed by atoms with Gasteiger partial charge in [0.25, 0.3) is 0 Å². The fraction of sp³-hybridized carbons (Fsp3) is 0.167. The first kappa shape index (κ1) is 14.2. The van der Waals surface area contributed by atoms with Gasteiger partial charge < -0.3 is 9.84 Å². The van der Waals surface area contributed by atoms with Crippen molar-refractivity contribution < 1.29 is 9.32 Å². The minimum atomic E-state index is -0.200. The summed E-state index contributed by atoms with van der Waals surface area (Å²) in [4.78, 5) is 12.4. The minimum Gasteiger partial charge on any atom is -0.360 e. The Morgan fingerprint density at radius 1 is 1.42 bits per heavy atom. The van der Waals surface area contributed by atoms with Crippen LogP contribution in [0.15, 0.2) is 33.7 Å². The topological polar surface area (TPSA) is 55.1 Å². The SMILES string of the molecule is Cc1cc(NC(=O)CSc2c(Cl)cccc2Cl)no1. The lowest BCUT2D eigenvalue weighted by Gasteiger charge is -2.05. The molecule has 0 fully saturated rings. The average Bonchev–Trinajstić information content (AvgIpc) is 2.74. The molecule has 0 saturated carbocycles. The van der Waals surface area contributed by atoms with Crippen LogP contribution >= 0.6 is 35.0 Å². The first-order valence-corrected chi connectivity index (χ1v) is 7.10. The summed E-state index contributed by atoms with van der Waals surface area (Å²) >= 11 is 13.3. The Kier molecular flexibility index (Phi) is 4.74. The summed E-state index contributed by atoms with van der Waals surface area (Å²) in [6.45, 7) is 1.75. The van der Waals surface area contributed by atoms with Crippen LogP contribution < -0.4 is 5.32 Å². The van der Waals surface area contributed by atoms with Gasteiger partial charge in [-0.05, 0) is 19.1 Å². The summed E-state index contributed by atoms with van der Waals surface area (Å²) in [5.41, 5.74) is 0. The normalized spacial score (nSPS) is 10.5. The summed E-state index contributed by atoms with van der Waals surface area (Å²) in [5.74, 6) is 1.02. The van der Waals surface area contributed by atoms with Crippen LogP contribution in [0.3, 0.4) is 0 Å².